The molecule has 1 aliphatic heterocycles. The van der Waals surface area contributed by atoms with Crippen LogP contribution >= 0.6 is 0 Å². The molecule has 0 aromatic carbocycles. The molecule has 1 aliphatic carbocycles. The third-order valence-corrected chi connectivity index (χ3v) is 3.82. The molecular formula is C12H23N3. The lowest BCUT2D eigenvalue weighted by atomic mass is 9.76. The SMILES string of the molecule is CC1(N)CC=C(C2CCNCC2N)CC1. The van der Waals surface area contributed by atoms with Gasteiger partial charge in [0, 0.05) is 18.1 Å². The summed E-state index contributed by atoms with van der Waals surface area (Å²) in [6, 6.07) is 0.298. The Labute approximate surface area is 92.3 Å². The fourth-order valence-electron chi connectivity index (χ4n) is 2.68. The van der Waals surface area contributed by atoms with Gasteiger partial charge >= 0.3 is 0 Å². The predicted octanol–water partition coefficient (Wildman–Crippen LogP) is 0.751. The number of nitrogens with two attached hydrogens (primary N) is 2. The van der Waals surface area contributed by atoms with Gasteiger partial charge in [-0.05, 0) is 45.1 Å². The molecule has 3 unspecified atom stereocenters. The maximum absolute atomic E-state index is 6.14. The smallest absolute Gasteiger partial charge is 0.0232 e. The second-order valence-corrected chi connectivity index (χ2v) is 5.40. The molecule has 1 saturated heterocycles. The summed E-state index contributed by atoms with van der Waals surface area (Å²) in [5, 5.41) is 3.34. The van der Waals surface area contributed by atoms with Crippen molar-refractivity contribution < 1.29 is 0 Å². The van der Waals surface area contributed by atoms with E-state index in [9.17, 15) is 0 Å². The van der Waals surface area contributed by atoms with Gasteiger partial charge < -0.3 is 16.8 Å². The van der Waals surface area contributed by atoms with Crippen LogP contribution in [0.5, 0.6) is 0 Å². The molecule has 0 aromatic heterocycles. The first-order valence-electron chi connectivity index (χ1n) is 6.03. The highest BCUT2D eigenvalue weighted by Gasteiger charge is 2.29. The van der Waals surface area contributed by atoms with Crippen LogP contribution in [0.4, 0.5) is 0 Å². The van der Waals surface area contributed by atoms with Crippen molar-refractivity contribution in [2.24, 2.45) is 17.4 Å². The van der Waals surface area contributed by atoms with Crippen LogP contribution in [0.15, 0.2) is 11.6 Å². The summed E-state index contributed by atoms with van der Waals surface area (Å²) in [6.45, 7) is 4.21. The average Bonchev–Trinajstić information content (AvgIpc) is 2.19. The Morgan fingerprint density at radius 1 is 1.53 bits per heavy atom. The third kappa shape index (κ3) is 2.60. The normalized spacial score (nSPS) is 42.5. The zero-order chi connectivity index (χ0) is 10.9. The highest BCUT2D eigenvalue weighted by atomic mass is 14.9. The number of hydrogen-bond acceptors (Lipinski definition) is 3. The van der Waals surface area contributed by atoms with Crippen LogP contribution in [-0.2, 0) is 0 Å². The van der Waals surface area contributed by atoms with Gasteiger partial charge in [0.25, 0.3) is 0 Å². The molecule has 3 nitrogen and oxygen atoms in total. The summed E-state index contributed by atoms with van der Waals surface area (Å²) >= 11 is 0. The van der Waals surface area contributed by atoms with Crippen molar-refractivity contribution in [3.63, 3.8) is 0 Å². The van der Waals surface area contributed by atoms with E-state index in [0.29, 0.717) is 12.0 Å². The molecule has 0 aromatic rings. The van der Waals surface area contributed by atoms with E-state index in [1.54, 1.807) is 5.57 Å². The molecule has 0 bridgehead atoms. The summed E-state index contributed by atoms with van der Waals surface area (Å²) < 4.78 is 0. The van der Waals surface area contributed by atoms with Crippen LogP contribution in [0.2, 0.25) is 0 Å². The van der Waals surface area contributed by atoms with Gasteiger partial charge in [0.1, 0.15) is 0 Å². The first kappa shape index (κ1) is 11.1. The van der Waals surface area contributed by atoms with E-state index in [1.807, 2.05) is 0 Å². The Morgan fingerprint density at radius 2 is 2.33 bits per heavy atom. The molecule has 0 radical (unpaired) electrons. The molecule has 1 heterocycles. The Morgan fingerprint density at radius 3 is 2.93 bits per heavy atom. The second-order valence-electron chi connectivity index (χ2n) is 5.40. The Bertz CT molecular complexity index is 258. The maximum Gasteiger partial charge on any atom is 0.0232 e. The fraction of sp³-hybridized carbons (Fsp3) is 0.833. The predicted molar refractivity (Wildman–Crippen MR) is 63.5 cm³/mol. The standard InChI is InChI=1S/C12H23N3/c1-12(14)5-2-9(3-6-12)10-4-7-15-8-11(10)13/h2,10-11,15H,3-8,13-14H2,1H3. The molecular weight excluding hydrogens is 186 g/mol. The van der Waals surface area contributed by atoms with Crippen LogP contribution in [-0.4, -0.2) is 24.7 Å². The molecule has 0 amide bonds. The molecule has 15 heavy (non-hydrogen) atoms. The van der Waals surface area contributed by atoms with Gasteiger partial charge in [-0.3, -0.25) is 0 Å². The second kappa shape index (κ2) is 4.24. The molecule has 0 saturated carbocycles. The number of hydrogen-bond donors (Lipinski definition) is 3. The molecule has 2 aliphatic rings. The van der Waals surface area contributed by atoms with E-state index in [-0.39, 0.29) is 5.54 Å². The lowest BCUT2D eigenvalue weighted by Crippen LogP contribution is -2.47. The lowest BCUT2D eigenvalue weighted by Gasteiger charge is -2.36. The highest BCUT2D eigenvalue weighted by Crippen LogP contribution is 2.32. The molecule has 86 valence electrons. The topological polar surface area (TPSA) is 64.1 Å². The van der Waals surface area contributed by atoms with Crippen LogP contribution in [0, 0.1) is 5.92 Å². The summed E-state index contributed by atoms with van der Waals surface area (Å²) in [5.74, 6) is 0.599. The Balaban J connectivity index is 2.02. The summed E-state index contributed by atoms with van der Waals surface area (Å²) in [4.78, 5) is 0. The minimum Gasteiger partial charge on any atom is -0.326 e. The lowest BCUT2D eigenvalue weighted by molar-refractivity contribution is 0.332. The zero-order valence-corrected chi connectivity index (χ0v) is 9.63. The van der Waals surface area contributed by atoms with Crippen molar-refractivity contribution in [1.82, 2.24) is 5.32 Å². The average molecular weight is 209 g/mol. The van der Waals surface area contributed by atoms with Crippen molar-refractivity contribution in [3.05, 3.63) is 11.6 Å². The quantitative estimate of drug-likeness (QED) is 0.558. The van der Waals surface area contributed by atoms with E-state index < -0.39 is 0 Å². The maximum atomic E-state index is 6.14. The molecule has 0 spiro atoms. The highest BCUT2D eigenvalue weighted by molar-refractivity contribution is 5.17. The van der Waals surface area contributed by atoms with Crippen LogP contribution in [0.25, 0.3) is 0 Å². The van der Waals surface area contributed by atoms with Gasteiger partial charge in [0.2, 0.25) is 0 Å². The van der Waals surface area contributed by atoms with Gasteiger partial charge in [-0.2, -0.15) is 0 Å². The van der Waals surface area contributed by atoms with Crippen molar-refractivity contribution in [2.45, 2.75) is 44.2 Å². The summed E-state index contributed by atoms with van der Waals surface area (Å²) in [6.07, 6.45) is 6.80. The van der Waals surface area contributed by atoms with E-state index in [1.165, 1.54) is 6.42 Å². The van der Waals surface area contributed by atoms with E-state index in [4.69, 9.17) is 11.5 Å². The summed E-state index contributed by atoms with van der Waals surface area (Å²) in [7, 11) is 0. The largest absolute Gasteiger partial charge is 0.326 e. The minimum absolute atomic E-state index is 0.0144. The molecule has 5 N–H and O–H groups in total. The van der Waals surface area contributed by atoms with Crippen molar-refractivity contribution >= 4 is 0 Å². The molecule has 2 rings (SSSR count). The van der Waals surface area contributed by atoms with E-state index >= 15 is 0 Å². The van der Waals surface area contributed by atoms with Gasteiger partial charge in [-0.1, -0.05) is 11.6 Å². The molecule has 3 heteroatoms. The van der Waals surface area contributed by atoms with Gasteiger partial charge in [0.05, 0.1) is 0 Å². The van der Waals surface area contributed by atoms with E-state index in [2.05, 4.69) is 18.3 Å². The first-order valence-corrected chi connectivity index (χ1v) is 6.03. The van der Waals surface area contributed by atoms with Crippen molar-refractivity contribution in [1.29, 1.82) is 0 Å². The van der Waals surface area contributed by atoms with Gasteiger partial charge in [0.15, 0.2) is 0 Å². The zero-order valence-electron chi connectivity index (χ0n) is 9.63. The van der Waals surface area contributed by atoms with Crippen molar-refractivity contribution in [2.75, 3.05) is 13.1 Å². The van der Waals surface area contributed by atoms with E-state index in [0.717, 1.165) is 32.4 Å². The van der Waals surface area contributed by atoms with Crippen LogP contribution < -0.4 is 16.8 Å². The fourth-order valence-corrected chi connectivity index (χ4v) is 2.68. The number of rotatable bonds is 1. The summed E-state index contributed by atoms with van der Waals surface area (Å²) in [5.41, 5.74) is 13.8. The van der Waals surface area contributed by atoms with Gasteiger partial charge in [-0.25, -0.2) is 0 Å². The van der Waals surface area contributed by atoms with Crippen LogP contribution in [0.1, 0.15) is 32.6 Å². The Hall–Kier alpha value is -0.380. The number of nitrogens with one attached hydrogen (secondary N) is 1. The molecule has 1 fully saturated rings. The first-order chi connectivity index (χ1) is 7.08. The molecule has 3 atom stereocenters. The van der Waals surface area contributed by atoms with Gasteiger partial charge in [-0.15, -0.1) is 0 Å². The van der Waals surface area contributed by atoms with Crippen LogP contribution in [0.3, 0.4) is 0 Å². The minimum atomic E-state index is 0.0144. The number of piperidine rings is 1. The Kier molecular flexibility index (Phi) is 3.14. The van der Waals surface area contributed by atoms with Crippen molar-refractivity contribution in [3.8, 4) is 0 Å². The monoisotopic (exact) mass is 209 g/mol. The third-order valence-electron chi connectivity index (χ3n) is 3.82.